The van der Waals surface area contributed by atoms with Crippen molar-refractivity contribution in [3.8, 4) is 22.6 Å². The first kappa shape index (κ1) is 9.39. The molecule has 0 unspecified atom stereocenters. The number of hydrogen-bond acceptors (Lipinski definition) is 5. The Morgan fingerprint density at radius 2 is 2.20 bits per heavy atom. The molecule has 3 N–H and O–H groups in total. The number of aromatic nitrogens is 1. The van der Waals surface area contributed by atoms with E-state index in [2.05, 4.69) is 5.16 Å². The van der Waals surface area contributed by atoms with Gasteiger partial charge in [-0.1, -0.05) is 5.16 Å². The number of ether oxygens (including phenoxy) is 1. The zero-order valence-electron chi connectivity index (χ0n) is 8.10. The number of methoxy groups -OCH3 is 1. The zero-order valence-corrected chi connectivity index (χ0v) is 8.10. The van der Waals surface area contributed by atoms with Crippen molar-refractivity contribution in [3.63, 3.8) is 0 Å². The molecular weight excluding hydrogens is 196 g/mol. The van der Waals surface area contributed by atoms with Crippen LogP contribution in [-0.2, 0) is 0 Å². The molecule has 0 atom stereocenters. The van der Waals surface area contributed by atoms with Gasteiger partial charge in [0.15, 0.2) is 0 Å². The molecule has 0 fully saturated rings. The molecular formula is C10H10N2O3. The van der Waals surface area contributed by atoms with E-state index in [1.165, 1.54) is 12.3 Å². The van der Waals surface area contributed by atoms with Crippen molar-refractivity contribution in [3.05, 3.63) is 24.4 Å². The molecule has 5 nitrogen and oxygen atoms in total. The molecule has 0 saturated carbocycles. The van der Waals surface area contributed by atoms with Crippen LogP contribution in [-0.4, -0.2) is 17.4 Å². The topological polar surface area (TPSA) is 81.5 Å². The number of phenolic OH excluding ortho intramolecular Hbond substituents is 1. The molecule has 2 aromatic rings. The van der Waals surface area contributed by atoms with Crippen LogP contribution in [0.25, 0.3) is 11.1 Å². The SMILES string of the molecule is COc1ccc(O)cc1-c1cnoc1N. The first-order valence-corrected chi connectivity index (χ1v) is 4.30. The zero-order chi connectivity index (χ0) is 10.8. The number of aromatic hydroxyl groups is 1. The lowest BCUT2D eigenvalue weighted by Gasteiger charge is -2.06. The van der Waals surface area contributed by atoms with Crippen molar-refractivity contribution in [2.24, 2.45) is 0 Å². The largest absolute Gasteiger partial charge is 0.508 e. The Morgan fingerprint density at radius 1 is 1.40 bits per heavy atom. The van der Waals surface area contributed by atoms with Gasteiger partial charge in [-0.3, -0.25) is 0 Å². The Labute approximate surface area is 86.1 Å². The number of nitrogens with two attached hydrogens (primary N) is 1. The van der Waals surface area contributed by atoms with Crippen LogP contribution in [0.3, 0.4) is 0 Å². The van der Waals surface area contributed by atoms with Crippen molar-refractivity contribution in [2.75, 3.05) is 12.8 Å². The number of nitrogens with zero attached hydrogens (tertiary/aromatic N) is 1. The molecule has 0 aliphatic heterocycles. The summed E-state index contributed by atoms with van der Waals surface area (Å²) in [4.78, 5) is 0. The molecule has 0 bridgehead atoms. The molecule has 15 heavy (non-hydrogen) atoms. The third-order valence-electron chi connectivity index (χ3n) is 2.07. The highest BCUT2D eigenvalue weighted by atomic mass is 16.5. The Kier molecular flexibility index (Phi) is 2.21. The molecule has 1 aromatic heterocycles. The van der Waals surface area contributed by atoms with Crippen molar-refractivity contribution in [1.29, 1.82) is 0 Å². The molecule has 0 aliphatic rings. The van der Waals surface area contributed by atoms with Gasteiger partial charge in [-0.2, -0.15) is 0 Å². The van der Waals surface area contributed by atoms with Crippen LogP contribution < -0.4 is 10.5 Å². The minimum atomic E-state index is 0.131. The van der Waals surface area contributed by atoms with E-state index in [1.807, 2.05) is 0 Å². The average molecular weight is 206 g/mol. The summed E-state index contributed by atoms with van der Waals surface area (Å²) in [7, 11) is 1.54. The van der Waals surface area contributed by atoms with E-state index in [1.54, 1.807) is 19.2 Å². The second-order valence-electron chi connectivity index (χ2n) is 2.99. The summed E-state index contributed by atoms with van der Waals surface area (Å²) in [5.74, 6) is 0.924. The molecule has 1 heterocycles. The van der Waals surface area contributed by atoms with E-state index in [4.69, 9.17) is 15.0 Å². The van der Waals surface area contributed by atoms with Crippen molar-refractivity contribution >= 4 is 5.88 Å². The summed E-state index contributed by atoms with van der Waals surface area (Å²) >= 11 is 0. The molecule has 0 aliphatic carbocycles. The van der Waals surface area contributed by atoms with Gasteiger partial charge in [-0.15, -0.1) is 0 Å². The van der Waals surface area contributed by atoms with Crippen LogP contribution in [0, 0.1) is 0 Å². The number of hydrogen-bond donors (Lipinski definition) is 2. The first-order valence-electron chi connectivity index (χ1n) is 4.30. The van der Waals surface area contributed by atoms with E-state index < -0.39 is 0 Å². The van der Waals surface area contributed by atoms with Gasteiger partial charge in [0.25, 0.3) is 0 Å². The monoisotopic (exact) mass is 206 g/mol. The minimum Gasteiger partial charge on any atom is -0.508 e. The average Bonchev–Trinajstić information content (AvgIpc) is 2.64. The normalized spacial score (nSPS) is 10.2. The smallest absolute Gasteiger partial charge is 0.230 e. The standard InChI is InChI=1S/C10H10N2O3/c1-14-9-3-2-6(13)4-7(9)8-5-12-15-10(8)11/h2-5,13H,11H2,1H3. The van der Waals surface area contributed by atoms with E-state index in [-0.39, 0.29) is 11.6 Å². The number of benzene rings is 1. The number of nitrogen functional groups attached to an aromatic ring is 1. The van der Waals surface area contributed by atoms with Gasteiger partial charge in [0, 0.05) is 5.56 Å². The summed E-state index contributed by atoms with van der Waals surface area (Å²) in [6.07, 6.45) is 1.48. The number of phenols is 1. The number of rotatable bonds is 2. The van der Waals surface area contributed by atoms with E-state index >= 15 is 0 Å². The highest BCUT2D eigenvalue weighted by molar-refractivity contribution is 5.77. The van der Waals surface area contributed by atoms with Crippen LogP contribution in [0.4, 0.5) is 5.88 Å². The maximum atomic E-state index is 9.38. The molecule has 0 radical (unpaired) electrons. The van der Waals surface area contributed by atoms with Crippen molar-refractivity contribution in [1.82, 2.24) is 5.16 Å². The van der Waals surface area contributed by atoms with Gasteiger partial charge in [0.1, 0.15) is 11.5 Å². The van der Waals surface area contributed by atoms with Crippen LogP contribution in [0.1, 0.15) is 0 Å². The summed E-state index contributed by atoms with van der Waals surface area (Å²) in [5, 5.41) is 12.9. The Bertz CT molecular complexity index is 479. The fourth-order valence-electron chi connectivity index (χ4n) is 1.36. The molecule has 1 aromatic carbocycles. The van der Waals surface area contributed by atoms with Crippen LogP contribution in [0.5, 0.6) is 11.5 Å². The summed E-state index contributed by atoms with van der Waals surface area (Å²) < 4.78 is 9.89. The molecule has 0 spiro atoms. The van der Waals surface area contributed by atoms with Crippen molar-refractivity contribution in [2.45, 2.75) is 0 Å². The summed E-state index contributed by atoms with van der Waals surface area (Å²) in [6.45, 7) is 0. The third kappa shape index (κ3) is 1.59. The van der Waals surface area contributed by atoms with Gasteiger partial charge in [0.05, 0.1) is 18.9 Å². The minimum absolute atomic E-state index is 0.131. The summed E-state index contributed by atoms with van der Waals surface area (Å²) in [5.41, 5.74) is 6.83. The Balaban J connectivity index is 2.60. The Hall–Kier alpha value is -2.17. The fourth-order valence-corrected chi connectivity index (χ4v) is 1.36. The molecule has 78 valence electrons. The van der Waals surface area contributed by atoms with Gasteiger partial charge >= 0.3 is 0 Å². The second-order valence-corrected chi connectivity index (χ2v) is 2.99. The van der Waals surface area contributed by atoms with Gasteiger partial charge < -0.3 is 20.1 Å². The Morgan fingerprint density at radius 3 is 2.80 bits per heavy atom. The lowest BCUT2D eigenvalue weighted by Crippen LogP contribution is -1.89. The van der Waals surface area contributed by atoms with E-state index in [0.717, 1.165) is 0 Å². The maximum Gasteiger partial charge on any atom is 0.230 e. The molecule has 2 rings (SSSR count). The molecule has 0 saturated heterocycles. The van der Waals surface area contributed by atoms with Crippen LogP contribution in [0.2, 0.25) is 0 Å². The number of anilines is 1. The van der Waals surface area contributed by atoms with Gasteiger partial charge in [-0.05, 0) is 18.2 Å². The van der Waals surface area contributed by atoms with E-state index in [0.29, 0.717) is 16.9 Å². The second kappa shape index (κ2) is 3.53. The highest BCUT2D eigenvalue weighted by Gasteiger charge is 2.12. The quantitative estimate of drug-likeness (QED) is 0.780. The fraction of sp³-hybridized carbons (Fsp3) is 0.100. The van der Waals surface area contributed by atoms with Crippen LogP contribution >= 0.6 is 0 Å². The first-order chi connectivity index (χ1) is 7.22. The summed E-state index contributed by atoms with van der Waals surface area (Å²) in [6, 6.07) is 4.73. The maximum absolute atomic E-state index is 9.38. The lowest BCUT2D eigenvalue weighted by molar-refractivity contribution is 0.414. The lowest BCUT2D eigenvalue weighted by atomic mass is 10.1. The van der Waals surface area contributed by atoms with Gasteiger partial charge in [0.2, 0.25) is 5.88 Å². The van der Waals surface area contributed by atoms with Gasteiger partial charge in [-0.25, -0.2) is 0 Å². The predicted octanol–water partition coefficient (Wildman–Crippen LogP) is 1.64. The van der Waals surface area contributed by atoms with E-state index in [9.17, 15) is 5.11 Å². The highest BCUT2D eigenvalue weighted by Crippen LogP contribution is 2.35. The van der Waals surface area contributed by atoms with Crippen LogP contribution in [0.15, 0.2) is 28.9 Å². The predicted molar refractivity (Wildman–Crippen MR) is 54.6 cm³/mol. The molecule has 5 heteroatoms. The third-order valence-corrected chi connectivity index (χ3v) is 2.07. The van der Waals surface area contributed by atoms with Crippen molar-refractivity contribution < 1.29 is 14.4 Å². The molecule has 0 amide bonds.